The molecule has 1 aromatic heterocycles. The molecular weight excluding hydrogens is 254 g/mol. The zero-order valence-electron chi connectivity index (χ0n) is 9.89. The summed E-state index contributed by atoms with van der Waals surface area (Å²) in [7, 11) is 0. The molecule has 1 aromatic rings. The highest BCUT2D eigenvalue weighted by atomic mass is 32.1. The van der Waals surface area contributed by atoms with Crippen molar-refractivity contribution in [3.8, 4) is 0 Å². The van der Waals surface area contributed by atoms with Crippen molar-refractivity contribution in [2.24, 2.45) is 0 Å². The molecule has 2 rings (SSSR count). The summed E-state index contributed by atoms with van der Waals surface area (Å²) in [5, 5.41) is 13.5. The Hall–Kier alpha value is -1.63. The molecule has 1 fully saturated rings. The number of piperidine rings is 1. The highest BCUT2D eigenvalue weighted by Gasteiger charge is 2.16. The molecular formula is C11H15N3O3S. The van der Waals surface area contributed by atoms with Crippen LogP contribution in [-0.4, -0.2) is 46.5 Å². The quantitative estimate of drug-likeness (QED) is 0.860. The van der Waals surface area contributed by atoms with Gasteiger partial charge >= 0.3 is 5.97 Å². The van der Waals surface area contributed by atoms with Crippen LogP contribution in [0.4, 0.5) is 5.13 Å². The maximum atomic E-state index is 11.8. The van der Waals surface area contributed by atoms with E-state index in [9.17, 15) is 9.59 Å². The lowest BCUT2D eigenvalue weighted by atomic mass is 10.1. The van der Waals surface area contributed by atoms with Gasteiger partial charge in [-0.05, 0) is 19.3 Å². The maximum Gasteiger partial charge on any atom is 0.355 e. The van der Waals surface area contributed by atoms with Gasteiger partial charge in [0, 0.05) is 18.5 Å². The van der Waals surface area contributed by atoms with Gasteiger partial charge in [0.2, 0.25) is 5.91 Å². The number of thiazole rings is 1. The van der Waals surface area contributed by atoms with Crippen molar-refractivity contribution in [1.29, 1.82) is 0 Å². The van der Waals surface area contributed by atoms with Gasteiger partial charge in [-0.25, -0.2) is 9.78 Å². The number of rotatable bonds is 4. The number of carboxylic acids is 1. The Labute approximate surface area is 109 Å². The minimum Gasteiger partial charge on any atom is -0.476 e. The first kappa shape index (κ1) is 12.8. The van der Waals surface area contributed by atoms with Gasteiger partial charge in [0.05, 0.1) is 6.54 Å². The van der Waals surface area contributed by atoms with Gasteiger partial charge in [-0.15, -0.1) is 11.3 Å². The van der Waals surface area contributed by atoms with E-state index in [-0.39, 0.29) is 18.1 Å². The van der Waals surface area contributed by atoms with Gasteiger partial charge in [-0.2, -0.15) is 0 Å². The van der Waals surface area contributed by atoms with E-state index < -0.39 is 5.97 Å². The fourth-order valence-electron chi connectivity index (χ4n) is 1.86. The topological polar surface area (TPSA) is 82.5 Å². The van der Waals surface area contributed by atoms with Crippen LogP contribution in [0.2, 0.25) is 0 Å². The van der Waals surface area contributed by atoms with Gasteiger partial charge < -0.3 is 15.3 Å². The largest absolute Gasteiger partial charge is 0.476 e. The van der Waals surface area contributed by atoms with E-state index in [1.54, 1.807) is 0 Å². The Bertz CT molecular complexity index is 440. The summed E-state index contributed by atoms with van der Waals surface area (Å²) in [6.45, 7) is 1.81. The molecule has 0 saturated carbocycles. The molecule has 2 heterocycles. The van der Waals surface area contributed by atoms with Crippen molar-refractivity contribution in [3.63, 3.8) is 0 Å². The maximum absolute atomic E-state index is 11.8. The fourth-order valence-corrected chi connectivity index (χ4v) is 2.54. The standard InChI is InChI=1S/C11H15N3O3S/c15-9(14-4-2-1-3-5-14)6-12-11-13-8(7-18-11)10(16)17/h7H,1-6H2,(H,12,13)(H,16,17). The van der Waals surface area contributed by atoms with Gasteiger partial charge in [0.25, 0.3) is 0 Å². The summed E-state index contributed by atoms with van der Waals surface area (Å²) in [6, 6.07) is 0. The molecule has 98 valence electrons. The predicted octanol–water partition coefficient (Wildman–Crippen LogP) is 1.27. The van der Waals surface area contributed by atoms with Gasteiger partial charge in [0.1, 0.15) is 0 Å². The molecule has 2 N–H and O–H groups in total. The average Bonchev–Trinajstić information content (AvgIpc) is 2.86. The first-order chi connectivity index (χ1) is 8.66. The van der Waals surface area contributed by atoms with Crippen LogP contribution in [-0.2, 0) is 4.79 Å². The number of aromatic nitrogens is 1. The first-order valence-electron chi connectivity index (χ1n) is 5.87. The number of carbonyl (C=O) groups excluding carboxylic acids is 1. The fraction of sp³-hybridized carbons (Fsp3) is 0.545. The Morgan fingerprint density at radius 1 is 1.39 bits per heavy atom. The predicted molar refractivity (Wildman–Crippen MR) is 68.0 cm³/mol. The minimum atomic E-state index is -1.05. The van der Waals surface area contributed by atoms with E-state index in [0.29, 0.717) is 5.13 Å². The van der Waals surface area contributed by atoms with Crippen LogP contribution in [0.15, 0.2) is 5.38 Å². The van der Waals surface area contributed by atoms with Crippen LogP contribution < -0.4 is 5.32 Å². The summed E-state index contributed by atoms with van der Waals surface area (Å²) >= 11 is 1.19. The van der Waals surface area contributed by atoms with Crippen LogP contribution in [0.3, 0.4) is 0 Å². The number of nitrogens with zero attached hydrogens (tertiary/aromatic N) is 2. The molecule has 1 saturated heterocycles. The molecule has 7 heteroatoms. The molecule has 0 bridgehead atoms. The van der Waals surface area contributed by atoms with Crippen LogP contribution in [0.25, 0.3) is 0 Å². The normalized spacial score (nSPS) is 15.4. The van der Waals surface area contributed by atoms with E-state index in [4.69, 9.17) is 5.11 Å². The van der Waals surface area contributed by atoms with Crippen LogP contribution in [0.5, 0.6) is 0 Å². The van der Waals surface area contributed by atoms with E-state index in [2.05, 4.69) is 10.3 Å². The summed E-state index contributed by atoms with van der Waals surface area (Å²) in [4.78, 5) is 28.2. The molecule has 0 aliphatic carbocycles. The Morgan fingerprint density at radius 2 is 2.11 bits per heavy atom. The number of hydrogen-bond acceptors (Lipinski definition) is 5. The van der Waals surface area contributed by atoms with Crippen molar-refractivity contribution in [1.82, 2.24) is 9.88 Å². The van der Waals surface area contributed by atoms with E-state index in [1.165, 1.54) is 23.1 Å². The number of aromatic carboxylic acids is 1. The highest BCUT2D eigenvalue weighted by molar-refractivity contribution is 7.13. The monoisotopic (exact) mass is 269 g/mol. The van der Waals surface area contributed by atoms with Crippen molar-refractivity contribution in [3.05, 3.63) is 11.1 Å². The smallest absolute Gasteiger partial charge is 0.355 e. The third-order valence-corrected chi connectivity index (χ3v) is 3.62. The summed E-state index contributed by atoms with van der Waals surface area (Å²) in [5.74, 6) is -1.01. The molecule has 0 spiro atoms. The number of hydrogen-bond donors (Lipinski definition) is 2. The molecule has 0 atom stereocenters. The zero-order chi connectivity index (χ0) is 13.0. The number of carboxylic acid groups (broad SMARTS) is 1. The van der Waals surface area contributed by atoms with Crippen molar-refractivity contribution in [2.45, 2.75) is 19.3 Å². The van der Waals surface area contributed by atoms with E-state index in [1.807, 2.05) is 4.90 Å². The number of carbonyl (C=O) groups is 2. The molecule has 18 heavy (non-hydrogen) atoms. The van der Waals surface area contributed by atoms with Crippen LogP contribution >= 0.6 is 11.3 Å². The third-order valence-electron chi connectivity index (χ3n) is 2.82. The zero-order valence-corrected chi connectivity index (χ0v) is 10.7. The van der Waals surface area contributed by atoms with Crippen molar-refractivity contribution in [2.75, 3.05) is 25.0 Å². The third kappa shape index (κ3) is 3.19. The lowest BCUT2D eigenvalue weighted by Gasteiger charge is -2.26. The van der Waals surface area contributed by atoms with Crippen molar-refractivity contribution < 1.29 is 14.7 Å². The Kier molecular flexibility index (Phi) is 4.14. The van der Waals surface area contributed by atoms with Gasteiger partial charge in [-0.1, -0.05) is 0 Å². The van der Waals surface area contributed by atoms with E-state index in [0.717, 1.165) is 25.9 Å². The number of amides is 1. The van der Waals surface area contributed by atoms with Crippen LogP contribution in [0, 0.1) is 0 Å². The highest BCUT2D eigenvalue weighted by Crippen LogP contribution is 2.15. The molecule has 0 aromatic carbocycles. The second kappa shape index (κ2) is 5.81. The summed E-state index contributed by atoms with van der Waals surface area (Å²) < 4.78 is 0. The summed E-state index contributed by atoms with van der Waals surface area (Å²) in [5.41, 5.74) is 0.00733. The first-order valence-corrected chi connectivity index (χ1v) is 6.75. The Balaban J connectivity index is 1.82. The minimum absolute atomic E-state index is 0.00733. The molecule has 0 unspecified atom stereocenters. The van der Waals surface area contributed by atoms with E-state index >= 15 is 0 Å². The number of nitrogens with one attached hydrogen (secondary N) is 1. The Morgan fingerprint density at radius 3 is 2.72 bits per heavy atom. The number of anilines is 1. The van der Waals surface area contributed by atoms with Gasteiger partial charge in [-0.3, -0.25) is 4.79 Å². The lowest BCUT2D eigenvalue weighted by molar-refractivity contribution is -0.130. The molecule has 1 aliphatic rings. The second-order valence-electron chi connectivity index (χ2n) is 4.14. The van der Waals surface area contributed by atoms with Gasteiger partial charge in [0.15, 0.2) is 10.8 Å². The molecule has 1 amide bonds. The molecule has 0 radical (unpaired) electrons. The summed E-state index contributed by atoms with van der Waals surface area (Å²) in [6.07, 6.45) is 3.31. The molecule has 6 nitrogen and oxygen atoms in total. The SMILES string of the molecule is O=C(O)c1csc(NCC(=O)N2CCCCC2)n1. The second-order valence-corrected chi connectivity index (χ2v) is 5.00. The average molecular weight is 269 g/mol. The lowest BCUT2D eigenvalue weighted by Crippen LogP contribution is -2.39. The van der Waals surface area contributed by atoms with Crippen LogP contribution in [0.1, 0.15) is 29.8 Å². The van der Waals surface area contributed by atoms with Crippen molar-refractivity contribution >= 4 is 28.3 Å². The number of likely N-dealkylation sites (tertiary alicyclic amines) is 1. The molecule has 1 aliphatic heterocycles.